The Hall–Kier alpha value is -2.01. The van der Waals surface area contributed by atoms with Gasteiger partial charge in [-0.1, -0.05) is 22.0 Å². The van der Waals surface area contributed by atoms with Crippen LogP contribution in [0.4, 0.5) is 0 Å². The van der Waals surface area contributed by atoms with Gasteiger partial charge in [-0.3, -0.25) is 0 Å². The van der Waals surface area contributed by atoms with E-state index in [1.165, 1.54) is 13.2 Å². The maximum atomic E-state index is 11.6. The first kappa shape index (κ1) is 16.4. The zero-order valence-corrected chi connectivity index (χ0v) is 14.0. The Balaban J connectivity index is 2.17. The van der Waals surface area contributed by atoms with Gasteiger partial charge in [-0.15, -0.1) is 0 Å². The number of esters is 1. The summed E-state index contributed by atoms with van der Waals surface area (Å²) in [6.07, 6.45) is 1.51. The molecule has 2 aromatic carbocycles. The number of phenols is 1. The smallest absolute Gasteiger partial charge is 0.341 e. The van der Waals surface area contributed by atoms with E-state index < -0.39 is 5.97 Å². The molecule has 0 heterocycles. The zero-order valence-electron chi connectivity index (χ0n) is 12.4. The molecule has 0 bridgehead atoms. The van der Waals surface area contributed by atoms with Gasteiger partial charge in [0.2, 0.25) is 0 Å². The highest BCUT2D eigenvalue weighted by Crippen LogP contribution is 2.25. The second kappa shape index (κ2) is 7.31. The highest BCUT2D eigenvalue weighted by Gasteiger charge is 2.12. The van der Waals surface area contributed by atoms with E-state index in [1.54, 1.807) is 19.2 Å². The molecular formula is C17H17BrO4. The van der Waals surface area contributed by atoms with Gasteiger partial charge in [-0.2, -0.15) is 0 Å². The van der Waals surface area contributed by atoms with E-state index in [1.807, 2.05) is 18.2 Å². The Morgan fingerprint density at radius 2 is 1.91 bits per heavy atom. The average molecular weight is 365 g/mol. The Morgan fingerprint density at radius 1 is 1.14 bits per heavy atom. The van der Waals surface area contributed by atoms with Crippen molar-refractivity contribution in [3.8, 4) is 11.5 Å². The van der Waals surface area contributed by atoms with Gasteiger partial charge in [0.05, 0.1) is 14.2 Å². The zero-order chi connectivity index (χ0) is 16.1. The first-order valence-electron chi connectivity index (χ1n) is 6.77. The van der Waals surface area contributed by atoms with Crippen molar-refractivity contribution in [1.82, 2.24) is 0 Å². The molecule has 0 aliphatic carbocycles. The van der Waals surface area contributed by atoms with E-state index >= 15 is 0 Å². The monoisotopic (exact) mass is 364 g/mol. The SMILES string of the molecule is COC(=O)c1cc(CCc2cc(OC)ccc2Br)ccc1O. The van der Waals surface area contributed by atoms with Crippen LogP contribution in [-0.4, -0.2) is 25.3 Å². The van der Waals surface area contributed by atoms with Crippen molar-refractivity contribution in [3.05, 3.63) is 57.6 Å². The molecule has 4 nitrogen and oxygen atoms in total. The molecule has 0 spiro atoms. The van der Waals surface area contributed by atoms with E-state index in [9.17, 15) is 9.90 Å². The summed E-state index contributed by atoms with van der Waals surface area (Å²) in [6.45, 7) is 0. The highest BCUT2D eigenvalue weighted by molar-refractivity contribution is 9.10. The highest BCUT2D eigenvalue weighted by atomic mass is 79.9. The van der Waals surface area contributed by atoms with Crippen molar-refractivity contribution >= 4 is 21.9 Å². The van der Waals surface area contributed by atoms with Crippen LogP contribution in [0.15, 0.2) is 40.9 Å². The van der Waals surface area contributed by atoms with Gasteiger partial charge in [0.25, 0.3) is 0 Å². The third-order valence-electron chi connectivity index (χ3n) is 3.40. The van der Waals surface area contributed by atoms with Crippen LogP contribution in [-0.2, 0) is 17.6 Å². The Morgan fingerprint density at radius 3 is 2.59 bits per heavy atom. The largest absolute Gasteiger partial charge is 0.507 e. The summed E-state index contributed by atoms with van der Waals surface area (Å²) in [6, 6.07) is 10.8. The van der Waals surface area contributed by atoms with E-state index in [2.05, 4.69) is 20.7 Å². The third kappa shape index (κ3) is 3.80. The van der Waals surface area contributed by atoms with Gasteiger partial charge in [-0.05, 0) is 54.3 Å². The number of rotatable bonds is 5. The predicted octanol–water partition coefficient (Wildman–Crippen LogP) is 3.74. The molecule has 0 atom stereocenters. The van der Waals surface area contributed by atoms with Crippen molar-refractivity contribution in [2.45, 2.75) is 12.8 Å². The van der Waals surface area contributed by atoms with E-state index in [-0.39, 0.29) is 11.3 Å². The van der Waals surface area contributed by atoms with Gasteiger partial charge in [0.1, 0.15) is 17.1 Å². The number of hydrogen-bond donors (Lipinski definition) is 1. The van der Waals surface area contributed by atoms with Crippen molar-refractivity contribution in [1.29, 1.82) is 0 Å². The summed E-state index contributed by atoms with van der Waals surface area (Å²) in [5.74, 6) is 0.194. The fourth-order valence-corrected chi connectivity index (χ4v) is 2.61. The minimum absolute atomic E-state index is 0.0711. The molecule has 0 fully saturated rings. The molecule has 0 radical (unpaired) electrons. The number of methoxy groups -OCH3 is 2. The molecule has 0 amide bonds. The van der Waals surface area contributed by atoms with Crippen LogP contribution in [0, 0.1) is 0 Å². The number of phenolic OH excluding ortho intramolecular Hbond substituents is 1. The maximum absolute atomic E-state index is 11.6. The summed E-state index contributed by atoms with van der Waals surface area (Å²) in [5, 5.41) is 9.71. The first-order chi connectivity index (χ1) is 10.5. The Labute approximate surface area is 137 Å². The molecule has 0 aliphatic rings. The van der Waals surface area contributed by atoms with Crippen molar-refractivity contribution in [3.63, 3.8) is 0 Å². The van der Waals surface area contributed by atoms with Crippen molar-refractivity contribution < 1.29 is 19.4 Å². The second-order valence-corrected chi connectivity index (χ2v) is 5.65. The minimum atomic E-state index is -0.540. The Bertz CT molecular complexity index is 682. The van der Waals surface area contributed by atoms with Crippen LogP contribution in [0.2, 0.25) is 0 Å². The van der Waals surface area contributed by atoms with Gasteiger partial charge >= 0.3 is 5.97 Å². The van der Waals surface area contributed by atoms with E-state index in [0.717, 1.165) is 34.2 Å². The van der Waals surface area contributed by atoms with Gasteiger partial charge < -0.3 is 14.6 Å². The van der Waals surface area contributed by atoms with Crippen molar-refractivity contribution in [2.24, 2.45) is 0 Å². The number of aryl methyl sites for hydroxylation is 2. The van der Waals surface area contributed by atoms with Crippen LogP contribution in [0.5, 0.6) is 11.5 Å². The molecule has 0 aromatic heterocycles. The van der Waals surface area contributed by atoms with Crippen LogP contribution >= 0.6 is 15.9 Å². The van der Waals surface area contributed by atoms with Crippen LogP contribution in [0.1, 0.15) is 21.5 Å². The number of hydrogen-bond acceptors (Lipinski definition) is 4. The van der Waals surface area contributed by atoms with Gasteiger partial charge in [-0.25, -0.2) is 4.79 Å². The normalized spacial score (nSPS) is 10.3. The number of carbonyl (C=O) groups excluding carboxylic acids is 1. The molecule has 22 heavy (non-hydrogen) atoms. The lowest BCUT2D eigenvalue weighted by Gasteiger charge is -2.09. The minimum Gasteiger partial charge on any atom is -0.507 e. The number of ether oxygens (including phenoxy) is 2. The number of benzene rings is 2. The quantitative estimate of drug-likeness (QED) is 0.821. The predicted molar refractivity (Wildman–Crippen MR) is 87.5 cm³/mol. The van der Waals surface area contributed by atoms with Gasteiger partial charge in [0, 0.05) is 4.47 Å². The lowest BCUT2D eigenvalue weighted by atomic mass is 10.0. The Kier molecular flexibility index (Phi) is 5.44. The second-order valence-electron chi connectivity index (χ2n) is 4.80. The molecule has 0 aliphatic heterocycles. The van der Waals surface area contributed by atoms with Gasteiger partial charge in [0.15, 0.2) is 0 Å². The first-order valence-corrected chi connectivity index (χ1v) is 7.57. The number of carbonyl (C=O) groups is 1. The summed E-state index contributed by atoms with van der Waals surface area (Å²) in [7, 11) is 2.93. The topological polar surface area (TPSA) is 55.8 Å². The van der Waals surface area contributed by atoms with E-state index in [4.69, 9.17) is 4.74 Å². The lowest BCUT2D eigenvalue weighted by molar-refractivity contribution is 0.0597. The molecule has 2 aromatic rings. The molecule has 1 N–H and O–H groups in total. The van der Waals surface area contributed by atoms with Crippen molar-refractivity contribution in [2.75, 3.05) is 14.2 Å². The molecular weight excluding hydrogens is 348 g/mol. The summed E-state index contributed by atoms with van der Waals surface area (Å²) in [4.78, 5) is 11.6. The third-order valence-corrected chi connectivity index (χ3v) is 4.18. The summed E-state index contributed by atoms with van der Waals surface area (Å²) >= 11 is 3.52. The molecule has 0 saturated carbocycles. The number of aromatic hydroxyl groups is 1. The van der Waals surface area contributed by atoms with Crippen LogP contribution in [0.25, 0.3) is 0 Å². The average Bonchev–Trinajstić information content (AvgIpc) is 2.54. The molecule has 0 unspecified atom stereocenters. The number of halogens is 1. The summed E-state index contributed by atoms with van der Waals surface area (Å²) < 4.78 is 10.9. The fraction of sp³-hybridized carbons (Fsp3) is 0.235. The molecule has 0 saturated heterocycles. The fourth-order valence-electron chi connectivity index (χ4n) is 2.16. The molecule has 5 heteroatoms. The maximum Gasteiger partial charge on any atom is 0.341 e. The summed E-state index contributed by atoms with van der Waals surface area (Å²) in [5.41, 5.74) is 2.25. The molecule has 116 valence electrons. The lowest BCUT2D eigenvalue weighted by Crippen LogP contribution is -2.03. The van der Waals surface area contributed by atoms with Crippen LogP contribution in [0.3, 0.4) is 0 Å². The van der Waals surface area contributed by atoms with E-state index in [0.29, 0.717) is 0 Å². The molecule has 2 rings (SSSR count). The standard InChI is InChI=1S/C17H17BrO4/c1-21-13-6-7-15(18)12(10-13)5-3-11-4-8-16(19)14(9-11)17(20)22-2/h4,6-10,19H,3,5H2,1-2H3. The van der Waals surface area contributed by atoms with Crippen LogP contribution < -0.4 is 4.74 Å².